The van der Waals surface area contributed by atoms with Gasteiger partial charge in [0.2, 0.25) is 0 Å². The van der Waals surface area contributed by atoms with Gasteiger partial charge in [-0.1, -0.05) is 35.3 Å². The first-order chi connectivity index (χ1) is 14.2. The van der Waals surface area contributed by atoms with E-state index in [2.05, 4.69) is 12.1 Å². The number of unbranched alkanes of at least 4 members (excludes halogenated alkanes) is 2. The van der Waals surface area contributed by atoms with Crippen LogP contribution in [0.2, 0.25) is 0 Å². The predicted molar refractivity (Wildman–Crippen MR) is 125 cm³/mol. The molecule has 30 heavy (non-hydrogen) atoms. The van der Waals surface area contributed by atoms with Crippen LogP contribution in [0.15, 0.2) is 27.9 Å². The van der Waals surface area contributed by atoms with Gasteiger partial charge in [0.1, 0.15) is 28.2 Å². The summed E-state index contributed by atoms with van der Waals surface area (Å²) in [6.45, 7) is 12.2. The molecule has 170 valence electrons. The smallest absolute Gasteiger partial charge is 0.129 e. The van der Waals surface area contributed by atoms with E-state index in [1.165, 1.54) is 0 Å². The highest BCUT2D eigenvalue weighted by atomic mass is 35.5. The van der Waals surface area contributed by atoms with Gasteiger partial charge in [0.15, 0.2) is 0 Å². The second-order valence-corrected chi connectivity index (χ2v) is 8.87. The summed E-state index contributed by atoms with van der Waals surface area (Å²) >= 11 is 11.2. The zero-order valence-corrected chi connectivity index (χ0v) is 20.3. The molecule has 0 aliphatic rings. The van der Waals surface area contributed by atoms with Crippen molar-refractivity contribution < 1.29 is 19.0 Å². The van der Waals surface area contributed by atoms with Gasteiger partial charge < -0.3 is 19.0 Å². The Morgan fingerprint density at radius 3 is 2.43 bits per heavy atom. The average Bonchev–Trinajstić information content (AvgIpc) is 2.65. The molecule has 0 radical (unpaired) electrons. The number of oxime groups is 1. The molecule has 5 nitrogen and oxygen atoms in total. The molecule has 0 fully saturated rings. The van der Waals surface area contributed by atoms with Crippen molar-refractivity contribution in [1.82, 2.24) is 0 Å². The van der Waals surface area contributed by atoms with Crippen LogP contribution >= 0.6 is 23.2 Å². The fourth-order valence-corrected chi connectivity index (χ4v) is 2.71. The molecule has 0 amide bonds. The van der Waals surface area contributed by atoms with Gasteiger partial charge >= 0.3 is 0 Å². The molecule has 1 rings (SSSR count). The molecule has 1 aromatic carbocycles. The molecular weight excluding hydrogens is 425 g/mol. The van der Waals surface area contributed by atoms with E-state index in [0.717, 1.165) is 48.3 Å². The summed E-state index contributed by atoms with van der Waals surface area (Å²) in [4.78, 5) is 5.25. The molecule has 0 atom stereocenters. The molecule has 0 N–H and O–H groups in total. The second kappa shape index (κ2) is 14.6. The largest absolute Gasteiger partial charge is 0.493 e. The van der Waals surface area contributed by atoms with E-state index < -0.39 is 0 Å². The summed E-state index contributed by atoms with van der Waals surface area (Å²) in [5.41, 5.74) is 1.92. The van der Waals surface area contributed by atoms with Gasteiger partial charge in [-0.15, -0.1) is 0 Å². The minimum Gasteiger partial charge on any atom is -0.493 e. The Morgan fingerprint density at radius 2 is 1.77 bits per heavy atom. The van der Waals surface area contributed by atoms with E-state index >= 15 is 0 Å². The Kier molecular flexibility index (Phi) is 12.9. The molecule has 0 saturated carbocycles. The third kappa shape index (κ3) is 12.3. The van der Waals surface area contributed by atoms with Crippen molar-refractivity contribution in [1.29, 1.82) is 0 Å². The zero-order chi connectivity index (χ0) is 22.4. The summed E-state index contributed by atoms with van der Waals surface area (Å²) < 4.78 is 17.5. The first kappa shape index (κ1) is 26.6. The quantitative estimate of drug-likeness (QED) is 0.178. The Morgan fingerprint density at radius 1 is 1.03 bits per heavy atom. The molecule has 0 spiro atoms. The van der Waals surface area contributed by atoms with Gasteiger partial charge in [-0.2, -0.15) is 0 Å². The molecule has 0 saturated heterocycles. The highest BCUT2D eigenvalue weighted by Gasteiger charge is 2.10. The lowest BCUT2D eigenvalue weighted by atomic mass is 10.1. The van der Waals surface area contributed by atoms with Crippen molar-refractivity contribution in [3.05, 3.63) is 33.8 Å². The Balaban J connectivity index is 2.28. The molecule has 0 heterocycles. The molecular formula is C23H35Cl2NO4. The van der Waals surface area contributed by atoms with Crippen molar-refractivity contribution in [3.8, 4) is 11.5 Å². The summed E-state index contributed by atoms with van der Waals surface area (Å²) in [6.07, 6.45) is 7.14. The molecule has 0 aromatic heterocycles. The van der Waals surface area contributed by atoms with Gasteiger partial charge in [0.25, 0.3) is 0 Å². The minimum absolute atomic E-state index is 0.204. The van der Waals surface area contributed by atoms with Gasteiger partial charge in [-0.3, -0.25) is 0 Å². The molecule has 0 aliphatic heterocycles. The second-order valence-electron chi connectivity index (χ2n) is 7.86. The first-order valence-electron chi connectivity index (χ1n) is 10.4. The zero-order valence-electron chi connectivity index (χ0n) is 18.8. The van der Waals surface area contributed by atoms with E-state index in [4.69, 9.17) is 42.3 Å². The number of rotatable bonds is 14. The topological polar surface area (TPSA) is 49.3 Å². The Bertz CT molecular complexity index is 681. The van der Waals surface area contributed by atoms with Gasteiger partial charge in [-0.25, -0.2) is 0 Å². The van der Waals surface area contributed by atoms with Gasteiger partial charge in [-0.05, 0) is 82.7 Å². The number of hydrogen-bond donors (Lipinski definition) is 0. The van der Waals surface area contributed by atoms with Crippen molar-refractivity contribution in [3.63, 3.8) is 0 Å². The summed E-state index contributed by atoms with van der Waals surface area (Å²) in [5.74, 6) is 1.73. The van der Waals surface area contributed by atoms with Crippen molar-refractivity contribution in [2.24, 2.45) is 5.16 Å². The molecule has 1 aromatic rings. The normalized spacial score (nSPS) is 11.6. The fraction of sp³-hybridized carbons (Fsp3) is 0.609. The van der Waals surface area contributed by atoms with Crippen LogP contribution < -0.4 is 9.47 Å². The predicted octanol–water partition coefficient (Wildman–Crippen LogP) is 6.62. The molecule has 0 unspecified atom stereocenters. The maximum Gasteiger partial charge on any atom is 0.129 e. The SMILES string of the molecule is CCc1cc(OCC=C(Cl)Cl)cc(C)c1OCCCCCOCC=NOC(C)(C)C. The van der Waals surface area contributed by atoms with Crippen molar-refractivity contribution in [2.45, 2.75) is 65.9 Å². The van der Waals surface area contributed by atoms with Gasteiger partial charge in [0.05, 0.1) is 19.4 Å². The number of aryl methyl sites for hydroxylation is 2. The van der Waals surface area contributed by atoms with Crippen LogP contribution in [-0.2, 0) is 16.0 Å². The van der Waals surface area contributed by atoms with Crippen molar-refractivity contribution in [2.75, 3.05) is 26.4 Å². The third-order valence-corrected chi connectivity index (χ3v) is 4.28. The van der Waals surface area contributed by atoms with Crippen LogP contribution in [0.4, 0.5) is 0 Å². The third-order valence-electron chi connectivity index (χ3n) is 3.97. The number of halogens is 2. The van der Waals surface area contributed by atoms with E-state index in [1.54, 1.807) is 12.3 Å². The van der Waals surface area contributed by atoms with Crippen LogP contribution in [0, 0.1) is 6.92 Å². The first-order valence-corrected chi connectivity index (χ1v) is 11.2. The van der Waals surface area contributed by atoms with Gasteiger partial charge in [0, 0.05) is 6.61 Å². The van der Waals surface area contributed by atoms with E-state index in [9.17, 15) is 0 Å². The van der Waals surface area contributed by atoms with Crippen LogP contribution in [0.1, 0.15) is 58.1 Å². The number of ether oxygens (including phenoxy) is 3. The fourth-order valence-electron chi connectivity index (χ4n) is 2.58. The maximum atomic E-state index is 6.06. The number of nitrogens with zero attached hydrogens (tertiary/aromatic N) is 1. The standard InChI is InChI=1S/C23H35Cl2NO4/c1-6-19-17-20(28-14-10-21(24)25)16-18(2)22(19)29-13-9-7-8-12-27-15-11-26-30-23(3,4)5/h10-11,16-17H,6-9,12-15H2,1-5H3. The lowest BCUT2D eigenvalue weighted by molar-refractivity contribution is 0.000668. The lowest BCUT2D eigenvalue weighted by Gasteiger charge is -2.15. The molecule has 0 bridgehead atoms. The van der Waals surface area contributed by atoms with Crippen LogP contribution in [-0.4, -0.2) is 38.2 Å². The molecule has 7 heteroatoms. The van der Waals surface area contributed by atoms with E-state index in [1.807, 2.05) is 39.8 Å². The maximum absolute atomic E-state index is 6.06. The van der Waals surface area contributed by atoms with Crippen LogP contribution in [0.25, 0.3) is 0 Å². The summed E-state index contributed by atoms with van der Waals surface area (Å²) in [6, 6.07) is 3.99. The molecule has 0 aliphatic carbocycles. The highest BCUT2D eigenvalue weighted by Crippen LogP contribution is 2.30. The monoisotopic (exact) mass is 459 g/mol. The highest BCUT2D eigenvalue weighted by molar-refractivity contribution is 6.55. The number of hydrogen-bond acceptors (Lipinski definition) is 5. The van der Waals surface area contributed by atoms with Crippen molar-refractivity contribution >= 4 is 29.4 Å². The average molecular weight is 460 g/mol. The lowest BCUT2D eigenvalue weighted by Crippen LogP contribution is -2.15. The summed E-state index contributed by atoms with van der Waals surface area (Å²) in [5, 5.41) is 3.88. The van der Waals surface area contributed by atoms with E-state index in [-0.39, 0.29) is 10.1 Å². The van der Waals surface area contributed by atoms with E-state index in [0.29, 0.717) is 26.4 Å². The van der Waals surface area contributed by atoms with Crippen LogP contribution in [0.5, 0.6) is 11.5 Å². The summed E-state index contributed by atoms with van der Waals surface area (Å²) in [7, 11) is 0. The number of benzene rings is 1. The Labute approximate surface area is 191 Å². The Hall–Kier alpha value is -1.43. The minimum atomic E-state index is -0.268. The van der Waals surface area contributed by atoms with Crippen LogP contribution in [0.3, 0.4) is 0 Å².